The monoisotopic (exact) mass is 452 g/mol. The fraction of sp³-hybridized carbons (Fsp3) is 0.240. The second-order valence-corrected chi connectivity index (χ2v) is 9.58. The Morgan fingerprint density at radius 3 is 1.97 bits per heavy atom. The fourth-order valence-corrected chi connectivity index (χ4v) is 4.68. The first kappa shape index (κ1) is 23.3. The van der Waals surface area contributed by atoms with Gasteiger partial charge in [-0.3, -0.25) is 9.10 Å². The minimum Gasteiger partial charge on any atom is -0.497 e. The van der Waals surface area contributed by atoms with Crippen LogP contribution in [0.15, 0.2) is 77.7 Å². The zero-order chi connectivity index (χ0) is 23.3. The van der Waals surface area contributed by atoms with E-state index in [0.717, 1.165) is 21.0 Å². The lowest BCUT2D eigenvalue weighted by Crippen LogP contribution is -2.41. The molecule has 0 radical (unpaired) electrons. The molecule has 3 rings (SSSR count). The van der Waals surface area contributed by atoms with E-state index in [1.54, 1.807) is 24.3 Å². The lowest BCUT2D eigenvalue weighted by atomic mass is 10.1. The third-order valence-corrected chi connectivity index (χ3v) is 7.00. The molecule has 0 fully saturated rings. The molecule has 3 aromatic rings. The molecule has 0 aliphatic carbocycles. The lowest BCUT2D eigenvalue weighted by Gasteiger charge is -2.25. The molecule has 1 atom stereocenters. The number of carbonyl (C=O) groups is 1. The highest BCUT2D eigenvalue weighted by atomic mass is 32.2. The van der Waals surface area contributed by atoms with Crippen molar-refractivity contribution in [3.63, 3.8) is 0 Å². The SMILES string of the molecule is COc1ccc(S(=O)(=O)N(CC(=O)N[C@@H](C)c2ccc(C)cc2)c2ccc(C)cc2)cc1. The number of sulfonamides is 1. The van der Waals surface area contributed by atoms with Gasteiger partial charge in [-0.15, -0.1) is 0 Å². The number of aryl methyl sites for hydroxylation is 2. The number of hydrogen-bond donors (Lipinski definition) is 1. The van der Waals surface area contributed by atoms with Gasteiger partial charge in [0, 0.05) is 0 Å². The van der Waals surface area contributed by atoms with Gasteiger partial charge in [-0.25, -0.2) is 8.42 Å². The number of amides is 1. The molecule has 0 aliphatic rings. The van der Waals surface area contributed by atoms with Gasteiger partial charge in [-0.2, -0.15) is 0 Å². The van der Waals surface area contributed by atoms with Crippen molar-refractivity contribution in [1.29, 1.82) is 0 Å². The van der Waals surface area contributed by atoms with Gasteiger partial charge in [0.15, 0.2) is 0 Å². The van der Waals surface area contributed by atoms with Crippen LogP contribution in [0.5, 0.6) is 5.75 Å². The first-order valence-corrected chi connectivity index (χ1v) is 11.7. The normalized spacial score (nSPS) is 12.1. The number of methoxy groups -OCH3 is 1. The Morgan fingerprint density at radius 1 is 0.906 bits per heavy atom. The Hall–Kier alpha value is -3.32. The number of nitrogens with zero attached hydrogens (tertiary/aromatic N) is 1. The van der Waals surface area contributed by atoms with Crippen LogP contribution in [0.1, 0.15) is 29.7 Å². The summed E-state index contributed by atoms with van der Waals surface area (Å²) in [6.45, 7) is 5.45. The van der Waals surface area contributed by atoms with Crippen molar-refractivity contribution in [2.45, 2.75) is 31.7 Å². The summed E-state index contributed by atoms with van der Waals surface area (Å²) in [7, 11) is -2.46. The second-order valence-electron chi connectivity index (χ2n) is 7.72. The third-order valence-electron chi connectivity index (χ3n) is 5.21. The summed E-state index contributed by atoms with van der Waals surface area (Å²) in [5, 5.41) is 2.90. The predicted octanol–water partition coefficient (Wildman–Crippen LogP) is 4.38. The Morgan fingerprint density at radius 2 is 1.44 bits per heavy atom. The summed E-state index contributed by atoms with van der Waals surface area (Å²) < 4.78 is 33.2. The van der Waals surface area contributed by atoms with Crippen LogP contribution in [0.4, 0.5) is 5.69 Å². The average Bonchev–Trinajstić information content (AvgIpc) is 2.78. The maximum absolute atomic E-state index is 13.5. The van der Waals surface area contributed by atoms with Gasteiger partial charge in [-0.1, -0.05) is 47.5 Å². The number of nitrogens with one attached hydrogen (secondary N) is 1. The summed E-state index contributed by atoms with van der Waals surface area (Å²) in [6.07, 6.45) is 0. The van der Waals surface area contributed by atoms with Crippen molar-refractivity contribution in [2.24, 2.45) is 0 Å². The van der Waals surface area contributed by atoms with E-state index in [4.69, 9.17) is 4.74 Å². The molecular formula is C25H28N2O4S. The van der Waals surface area contributed by atoms with Gasteiger partial charge in [-0.05, 0) is 62.7 Å². The molecule has 0 saturated carbocycles. The van der Waals surface area contributed by atoms with E-state index in [9.17, 15) is 13.2 Å². The minimum atomic E-state index is -3.98. The zero-order valence-corrected chi connectivity index (χ0v) is 19.5. The molecule has 0 saturated heterocycles. The number of hydrogen-bond acceptors (Lipinski definition) is 4. The van der Waals surface area contributed by atoms with E-state index in [1.165, 1.54) is 19.2 Å². The topological polar surface area (TPSA) is 75.7 Å². The largest absolute Gasteiger partial charge is 0.497 e. The van der Waals surface area contributed by atoms with Crippen LogP contribution in [0.2, 0.25) is 0 Å². The molecule has 0 unspecified atom stereocenters. The molecule has 168 valence electrons. The average molecular weight is 453 g/mol. The molecule has 0 spiro atoms. The van der Waals surface area contributed by atoms with Crippen LogP contribution >= 0.6 is 0 Å². The predicted molar refractivity (Wildman–Crippen MR) is 126 cm³/mol. The van der Waals surface area contributed by atoms with Crippen LogP contribution < -0.4 is 14.4 Å². The molecule has 0 aliphatic heterocycles. The molecular weight excluding hydrogens is 424 g/mol. The van der Waals surface area contributed by atoms with Gasteiger partial charge in [0.05, 0.1) is 23.7 Å². The first-order chi connectivity index (χ1) is 15.2. The highest BCUT2D eigenvalue weighted by molar-refractivity contribution is 7.92. The van der Waals surface area contributed by atoms with Crippen molar-refractivity contribution >= 4 is 21.6 Å². The Kier molecular flexibility index (Phi) is 7.20. The summed E-state index contributed by atoms with van der Waals surface area (Å²) in [5.41, 5.74) is 3.49. The molecule has 0 bridgehead atoms. The maximum Gasteiger partial charge on any atom is 0.264 e. The second kappa shape index (κ2) is 9.87. The fourth-order valence-electron chi connectivity index (χ4n) is 3.26. The Labute approximate surface area is 189 Å². The highest BCUT2D eigenvalue weighted by Gasteiger charge is 2.27. The van der Waals surface area contributed by atoms with Crippen LogP contribution in [0.3, 0.4) is 0 Å². The van der Waals surface area contributed by atoms with Crippen LogP contribution in [0, 0.1) is 13.8 Å². The van der Waals surface area contributed by atoms with Crippen molar-refractivity contribution in [3.8, 4) is 5.75 Å². The summed E-state index contributed by atoms with van der Waals surface area (Å²) in [4.78, 5) is 13.0. The van der Waals surface area contributed by atoms with Gasteiger partial charge in [0.25, 0.3) is 10.0 Å². The van der Waals surface area contributed by atoms with Gasteiger partial charge in [0.2, 0.25) is 5.91 Å². The summed E-state index contributed by atoms with van der Waals surface area (Å²) in [6, 6.07) is 20.8. The van der Waals surface area contributed by atoms with Gasteiger partial charge >= 0.3 is 0 Å². The van der Waals surface area contributed by atoms with Crippen molar-refractivity contribution < 1.29 is 17.9 Å². The molecule has 7 heteroatoms. The molecule has 1 amide bonds. The number of benzene rings is 3. The van der Waals surface area contributed by atoms with E-state index in [0.29, 0.717) is 11.4 Å². The van der Waals surface area contributed by atoms with E-state index < -0.39 is 15.9 Å². The third kappa shape index (κ3) is 5.48. The number of ether oxygens (including phenoxy) is 1. The molecule has 0 aromatic heterocycles. The quantitative estimate of drug-likeness (QED) is 0.550. The van der Waals surface area contributed by atoms with E-state index in [-0.39, 0.29) is 17.5 Å². The van der Waals surface area contributed by atoms with Crippen molar-refractivity contribution in [3.05, 3.63) is 89.5 Å². The number of carbonyl (C=O) groups excluding carboxylic acids is 1. The van der Waals surface area contributed by atoms with Crippen LogP contribution in [-0.2, 0) is 14.8 Å². The molecule has 6 nitrogen and oxygen atoms in total. The molecule has 3 aromatic carbocycles. The zero-order valence-electron chi connectivity index (χ0n) is 18.7. The number of rotatable bonds is 8. The minimum absolute atomic E-state index is 0.0817. The maximum atomic E-state index is 13.5. The van der Waals surface area contributed by atoms with Gasteiger partial charge < -0.3 is 10.1 Å². The van der Waals surface area contributed by atoms with E-state index >= 15 is 0 Å². The van der Waals surface area contributed by atoms with Crippen LogP contribution in [0.25, 0.3) is 0 Å². The van der Waals surface area contributed by atoms with E-state index in [2.05, 4.69) is 5.32 Å². The lowest BCUT2D eigenvalue weighted by molar-refractivity contribution is -0.120. The van der Waals surface area contributed by atoms with Crippen molar-refractivity contribution in [2.75, 3.05) is 18.0 Å². The molecule has 1 N–H and O–H groups in total. The van der Waals surface area contributed by atoms with Gasteiger partial charge in [0.1, 0.15) is 12.3 Å². The smallest absolute Gasteiger partial charge is 0.264 e. The van der Waals surface area contributed by atoms with E-state index in [1.807, 2.05) is 57.2 Å². The molecule has 32 heavy (non-hydrogen) atoms. The standard InChI is InChI=1S/C25H28N2O4S/c1-18-5-9-21(10-6-18)20(3)26-25(28)17-27(22-11-7-19(2)8-12-22)32(29,30)24-15-13-23(31-4)14-16-24/h5-16,20H,17H2,1-4H3,(H,26,28)/t20-/m0/s1. The number of anilines is 1. The van der Waals surface area contributed by atoms with Crippen LogP contribution in [-0.4, -0.2) is 28.0 Å². The highest BCUT2D eigenvalue weighted by Crippen LogP contribution is 2.25. The Balaban J connectivity index is 1.87. The summed E-state index contributed by atoms with van der Waals surface area (Å²) in [5.74, 6) is 0.159. The van der Waals surface area contributed by atoms with Crippen molar-refractivity contribution in [1.82, 2.24) is 5.32 Å². The first-order valence-electron chi connectivity index (χ1n) is 10.3. The Bertz CT molecular complexity index is 1160. The summed E-state index contributed by atoms with van der Waals surface area (Å²) >= 11 is 0. The molecule has 0 heterocycles.